The highest BCUT2D eigenvalue weighted by atomic mass is 16.1. The van der Waals surface area contributed by atoms with Crippen LogP contribution < -0.4 is 0 Å². The van der Waals surface area contributed by atoms with Crippen molar-refractivity contribution >= 4 is 5.78 Å². The molecule has 5 atom stereocenters. The fourth-order valence-corrected chi connectivity index (χ4v) is 6.47. The van der Waals surface area contributed by atoms with Crippen LogP contribution in [0.4, 0.5) is 0 Å². The van der Waals surface area contributed by atoms with E-state index in [1.807, 2.05) is 0 Å². The van der Waals surface area contributed by atoms with Crippen LogP contribution in [0.25, 0.3) is 0 Å². The van der Waals surface area contributed by atoms with Gasteiger partial charge in [-0.05, 0) is 68.1 Å². The van der Waals surface area contributed by atoms with Gasteiger partial charge in [0.25, 0.3) is 0 Å². The summed E-state index contributed by atoms with van der Waals surface area (Å²) in [6.07, 6.45) is 13.9. The van der Waals surface area contributed by atoms with Crippen molar-refractivity contribution in [1.29, 1.82) is 0 Å². The lowest BCUT2D eigenvalue weighted by atomic mass is 9.48. The second kappa shape index (κ2) is 4.21. The zero-order chi connectivity index (χ0) is 14.0. The maximum Gasteiger partial charge on any atom is 0.139 e. The Morgan fingerprint density at radius 3 is 2.65 bits per heavy atom. The Labute approximate surface area is 123 Å². The van der Waals surface area contributed by atoms with Crippen LogP contribution in [0.15, 0.2) is 11.6 Å². The van der Waals surface area contributed by atoms with E-state index in [0.29, 0.717) is 17.1 Å². The molecule has 3 fully saturated rings. The van der Waals surface area contributed by atoms with Crippen molar-refractivity contribution in [3.05, 3.63) is 11.6 Å². The van der Waals surface area contributed by atoms with Gasteiger partial charge in [-0.15, -0.1) is 0 Å². The highest BCUT2D eigenvalue weighted by Crippen LogP contribution is 2.63. The molecule has 4 aliphatic carbocycles. The van der Waals surface area contributed by atoms with Gasteiger partial charge in [-0.25, -0.2) is 0 Å². The number of fused-ring (bicyclic) bond motifs is 5. The molecule has 0 heterocycles. The Balaban J connectivity index is 1.71. The van der Waals surface area contributed by atoms with Crippen LogP contribution in [-0.2, 0) is 4.79 Å². The molecule has 0 amide bonds. The summed E-state index contributed by atoms with van der Waals surface area (Å²) in [6.45, 7) is 4.83. The number of Topliss-reactive ketones (excluding diaryl/α,β-unsaturated/α-hetero) is 1. The molecular weight excluding hydrogens is 244 g/mol. The first-order chi connectivity index (χ1) is 9.56. The van der Waals surface area contributed by atoms with E-state index < -0.39 is 0 Å². The molecule has 3 unspecified atom stereocenters. The van der Waals surface area contributed by atoms with Gasteiger partial charge in [-0.1, -0.05) is 31.9 Å². The number of carbonyl (C=O) groups is 1. The number of ketones is 1. The topological polar surface area (TPSA) is 17.1 Å². The normalized spacial score (nSPS) is 51.0. The molecule has 0 saturated heterocycles. The Morgan fingerprint density at radius 1 is 1.00 bits per heavy atom. The predicted octanol–water partition coefficient (Wildman–Crippen LogP) is 4.91. The van der Waals surface area contributed by atoms with Crippen LogP contribution in [0.1, 0.15) is 71.6 Å². The van der Waals surface area contributed by atoms with E-state index >= 15 is 0 Å². The van der Waals surface area contributed by atoms with Gasteiger partial charge in [-0.3, -0.25) is 4.79 Å². The van der Waals surface area contributed by atoms with Crippen LogP contribution in [0.5, 0.6) is 0 Å². The molecule has 0 radical (unpaired) electrons. The van der Waals surface area contributed by atoms with Crippen LogP contribution in [0.3, 0.4) is 0 Å². The van der Waals surface area contributed by atoms with Crippen molar-refractivity contribution in [3.63, 3.8) is 0 Å². The zero-order valence-electron chi connectivity index (χ0n) is 13.1. The second-order valence-electron chi connectivity index (χ2n) is 8.38. The Hall–Kier alpha value is -0.590. The van der Waals surface area contributed by atoms with Crippen molar-refractivity contribution in [2.75, 3.05) is 0 Å². The summed E-state index contributed by atoms with van der Waals surface area (Å²) in [5.41, 5.74) is 2.30. The fourth-order valence-electron chi connectivity index (χ4n) is 6.47. The molecule has 110 valence electrons. The summed E-state index contributed by atoms with van der Waals surface area (Å²) in [6, 6.07) is 0. The van der Waals surface area contributed by atoms with Crippen molar-refractivity contribution in [2.24, 2.45) is 28.6 Å². The SMILES string of the molecule is CC12CC[C@H]3C(CC=C4CCCCC43C)[C@@H]1CCC2=O. The predicted molar refractivity (Wildman–Crippen MR) is 81.3 cm³/mol. The summed E-state index contributed by atoms with van der Waals surface area (Å²) >= 11 is 0. The Morgan fingerprint density at radius 2 is 1.80 bits per heavy atom. The Kier molecular flexibility index (Phi) is 2.76. The van der Waals surface area contributed by atoms with Crippen molar-refractivity contribution in [3.8, 4) is 0 Å². The molecule has 0 spiro atoms. The summed E-state index contributed by atoms with van der Waals surface area (Å²) in [7, 11) is 0. The average Bonchev–Trinajstić information content (AvgIpc) is 2.74. The lowest BCUT2D eigenvalue weighted by molar-refractivity contribution is -0.131. The molecule has 1 heteroatoms. The third-order valence-electron chi connectivity index (χ3n) is 7.73. The smallest absolute Gasteiger partial charge is 0.139 e. The van der Waals surface area contributed by atoms with E-state index in [0.717, 1.165) is 18.3 Å². The van der Waals surface area contributed by atoms with Crippen LogP contribution in [0, 0.1) is 28.6 Å². The molecule has 0 N–H and O–H groups in total. The van der Waals surface area contributed by atoms with Gasteiger partial charge in [0.2, 0.25) is 0 Å². The van der Waals surface area contributed by atoms with E-state index in [-0.39, 0.29) is 5.41 Å². The second-order valence-corrected chi connectivity index (χ2v) is 8.38. The molecule has 1 nitrogen and oxygen atoms in total. The summed E-state index contributed by atoms with van der Waals surface area (Å²) < 4.78 is 0. The van der Waals surface area contributed by atoms with Gasteiger partial charge in [-0.2, -0.15) is 0 Å². The zero-order valence-corrected chi connectivity index (χ0v) is 13.1. The van der Waals surface area contributed by atoms with Gasteiger partial charge in [0.15, 0.2) is 0 Å². The molecule has 0 aromatic heterocycles. The fraction of sp³-hybridized carbons (Fsp3) is 0.842. The standard InChI is InChI=1S/C19H28O/c1-18-11-4-3-5-13(18)6-7-14-15-8-9-17(20)19(15,2)12-10-16(14)18/h6,14-16H,3-5,7-12H2,1-2H3/t14?,15-,16-,18?,19?/m0/s1. The summed E-state index contributed by atoms with van der Waals surface area (Å²) in [5, 5.41) is 0. The van der Waals surface area contributed by atoms with E-state index in [4.69, 9.17) is 0 Å². The highest BCUT2D eigenvalue weighted by molar-refractivity contribution is 5.87. The molecule has 0 aliphatic heterocycles. The van der Waals surface area contributed by atoms with E-state index in [9.17, 15) is 4.79 Å². The molecular formula is C19H28O. The van der Waals surface area contributed by atoms with Crippen LogP contribution >= 0.6 is 0 Å². The minimum atomic E-state index is 0.0392. The first-order valence-corrected chi connectivity index (χ1v) is 8.78. The first kappa shape index (κ1) is 13.1. The molecule has 0 aromatic carbocycles. The largest absolute Gasteiger partial charge is 0.299 e. The number of allylic oxidation sites excluding steroid dienone is 2. The van der Waals surface area contributed by atoms with E-state index in [2.05, 4.69) is 19.9 Å². The van der Waals surface area contributed by atoms with Crippen LogP contribution in [0.2, 0.25) is 0 Å². The van der Waals surface area contributed by atoms with Gasteiger partial charge in [0.05, 0.1) is 0 Å². The molecule has 3 saturated carbocycles. The number of hydrogen-bond donors (Lipinski definition) is 0. The quantitative estimate of drug-likeness (QED) is 0.573. The minimum absolute atomic E-state index is 0.0392. The van der Waals surface area contributed by atoms with Crippen molar-refractivity contribution < 1.29 is 4.79 Å². The third kappa shape index (κ3) is 1.53. The van der Waals surface area contributed by atoms with Gasteiger partial charge in [0.1, 0.15) is 5.78 Å². The Bertz CT molecular complexity index is 476. The number of rotatable bonds is 0. The lowest BCUT2D eigenvalue weighted by Crippen LogP contribution is -2.49. The maximum atomic E-state index is 12.4. The number of hydrogen-bond acceptors (Lipinski definition) is 1. The van der Waals surface area contributed by atoms with E-state index in [1.165, 1.54) is 51.4 Å². The van der Waals surface area contributed by atoms with Gasteiger partial charge >= 0.3 is 0 Å². The average molecular weight is 272 g/mol. The summed E-state index contributed by atoms with van der Waals surface area (Å²) in [5.74, 6) is 2.92. The third-order valence-corrected chi connectivity index (χ3v) is 7.73. The van der Waals surface area contributed by atoms with E-state index in [1.54, 1.807) is 5.57 Å². The van der Waals surface area contributed by atoms with Gasteiger partial charge in [0, 0.05) is 11.8 Å². The number of carbonyl (C=O) groups excluding carboxylic acids is 1. The molecule has 20 heavy (non-hydrogen) atoms. The maximum absolute atomic E-state index is 12.4. The summed E-state index contributed by atoms with van der Waals surface area (Å²) in [4.78, 5) is 12.4. The molecule has 4 aliphatic rings. The van der Waals surface area contributed by atoms with Crippen molar-refractivity contribution in [1.82, 2.24) is 0 Å². The molecule has 4 rings (SSSR count). The van der Waals surface area contributed by atoms with Crippen LogP contribution in [-0.4, -0.2) is 5.78 Å². The first-order valence-electron chi connectivity index (χ1n) is 8.78. The minimum Gasteiger partial charge on any atom is -0.299 e. The van der Waals surface area contributed by atoms with Gasteiger partial charge < -0.3 is 0 Å². The van der Waals surface area contributed by atoms with Crippen molar-refractivity contribution in [2.45, 2.75) is 71.6 Å². The molecule has 0 bridgehead atoms. The highest BCUT2D eigenvalue weighted by Gasteiger charge is 2.58. The molecule has 0 aromatic rings. The monoisotopic (exact) mass is 272 g/mol. The lowest BCUT2D eigenvalue weighted by Gasteiger charge is -2.56.